The summed E-state index contributed by atoms with van der Waals surface area (Å²) in [4.78, 5) is 16.6. The lowest BCUT2D eigenvalue weighted by Gasteiger charge is -2.01. The Morgan fingerprint density at radius 3 is 3.00 bits per heavy atom. The Kier molecular flexibility index (Phi) is 3.94. The van der Waals surface area contributed by atoms with E-state index >= 15 is 0 Å². The molecule has 0 N–H and O–H groups in total. The summed E-state index contributed by atoms with van der Waals surface area (Å²) >= 11 is 1.45. The number of ether oxygens (including phenoxy) is 1. The van der Waals surface area contributed by atoms with Crippen molar-refractivity contribution in [2.75, 3.05) is 7.11 Å². The molecule has 2 rings (SSSR count). The number of carbonyl (C=O) groups is 1. The van der Waals surface area contributed by atoms with E-state index in [4.69, 9.17) is 4.74 Å². The predicted molar refractivity (Wildman–Crippen MR) is 70.6 cm³/mol. The quantitative estimate of drug-likeness (QED) is 0.846. The second kappa shape index (κ2) is 5.64. The Balaban J connectivity index is 2.15. The van der Waals surface area contributed by atoms with Gasteiger partial charge in [-0.15, -0.1) is 11.3 Å². The number of rotatable bonds is 3. The van der Waals surface area contributed by atoms with Gasteiger partial charge in [0.15, 0.2) is 4.80 Å². The Morgan fingerprint density at radius 1 is 1.50 bits per heavy atom. The molecule has 0 aliphatic heterocycles. The fourth-order valence-corrected chi connectivity index (χ4v) is 2.28. The van der Waals surface area contributed by atoms with Crippen LogP contribution in [0, 0.1) is 0 Å². The zero-order chi connectivity index (χ0) is 13.0. The van der Waals surface area contributed by atoms with Gasteiger partial charge in [0.1, 0.15) is 5.75 Å². The van der Waals surface area contributed by atoms with Crippen molar-refractivity contribution in [3.05, 3.63) is 46.2 Å². The maximum absolute atomic E-state index is 11.8. The molecule has 0 spiro atoms. The van der Waals surface area contributed by atoms with Crippen molar-refractivity contribution in [2.45, 2.75) is 6.42 Å². The average Bonchev–Trinajstić information content (AvgIpc) is 2.75. The van der Waals surface area contributed by atoms with Crippen LogP contribution in [0.15, 0.2) is 40.8 Å². The summed E-state index contributed by atoms with van der Waals surface area (Å²) < 4.78 is 6.94. The molecule has 0 aliphatic carbocycles. The molecule has 0 aliphatic rings. The minimum atomic E-state index is -0.152. The van der Waals surface area contributed by atoms with E-state index in [2.05, 4.69) is 4.99 Å². The molecule has 2 aromatic rings. The highest BCUT2D eigenvalue weighted by molar-refractivity contribution is 7.07. The molecule has 0 saturated heterocycles. The molecule has 0 fully saturated rings. The van der Waals surface area contributed by atoms with Crippen LogP contribution in [0.3, 0.4) is 0 Å². The molecule has 0 bridgehead atoms. The van der Waals surface area contributed by atoms with Gasteiger partial charge in [-0.3, -0.25) is 4.79 Å². The van der Waals surface area contributed by atoms with Crippen molar-refractivity contribution in [1.82, 2.24) is 4.57 Å². The van der Waals surface area contributed by atoms with Crippen molar-refractivity contribution >= 4 is 17.2 Å². The Bertz CT molecular complexity index is 613. The first-order valence-corrected chi connectivity index (χ1v) is 6.37. The molecule has 0 unspecified atom stereocenters. The second-order valence-electron chi connectivity index (χ2n) is 3.83. The summed E-state index contributed by atoms with van der Waals surface area (Å²) in [7, 11) is 3.48. The molecule has 1 aromatic carbocycles. The topological polar surface area (TPSA) is 43.6 Å². The summed E-state index contributed by atoms with van der Waals surface area (Å²) in [6, 6.07) is 7.46. The Hall–Kier alpha value is -1.88. The molecule has 1 heterocycles. The number of methoxy groups -OCH3 is 1. The van der Waals surface area contributed by atoms with Crippen LogP contribution >= 0.6 is 11.3 Å². The van der Waals surface area contributed by atoms with Gasteiger partial charge in [0.25, 0.3) is 5.91 Å². The van der Waals surface area contributed by atoms with Gasteiger partial charge in [-0.1, -0.05) is 12.1 Å². The van der Waals surface area contributed by atoms with Gasteiger partial charge in [0.05, 0.1) is 13.5 Å². The fourth-order valence-electron chi connectivity index (χ4n) is 1.54. The van der Waals surface area contributed by atoms with Gasteiger partial charge in [0, 0.05) is 18.6 Å². The van der Waals surface area contributed by atoms with Crippen LogP contribution in [-0.4, -0.2) is 17.6 Å². The van der Waals surface area contributed by atoms with E-state index in [0.29, 0.717) is 4.80 Å². The van der Waals surface area contributed by atoms with Crippen LogP contribution in [0.25, 0.3) is 0 Å². The molecule has 1 amide bonds. The monoisotopic (exact) mass is 262 g/mol. The molecule has 94 valence electrons. The van der Waals surface area contributed by atoms with Crippen LogP contribution in [-0.2, 0) is 18.3 Å². The molecular formula is C13H14N2O2S. The maximum Gasteiger partial charge on any atom is 0.252 e. The van der Waals surface area contributed by atoms with Crippen LogP contribution in [0.2, 0.25) is 0 Å². The van der Waals surface area contributed by atoms with Crippen LogP contribution in [0.1, 0.15) is 5.56 Å². The van der Waals surface area contributed by atoms with E-state index in [9.17, 15) is 4.79 Å². The minimum absolute atomic E-state index is 0.152. The SMILES string of the molecule is COc1cccc(CC(=O)N=c2sccn2C)c1. The van der Waals surface area contributed by atoms with Gasteiger partial charge in [-0.2, -0.15) is 4.99 Å². The maximum atomic E-state index is 11.8. The summed E-state index contributed by atoms with van der Waals surface area (Å²) in [6.07, 6.45) is 2.16. The number of hydrogen-bond donors (Lipinski definition) is 0. The third-order valence-corrected chi connectivity index (χ3v) is 3.32. The van der Waals surface area contributed by atoms with E-state index in [-0.39, 0.29) is 12.3 Å². The number of hydrogen-bond acceptors (Lipinski definition) is 3. The number of aryl methyl sites for hydroxylation is 1. The largest absolute Gasteiger partial charge is 0.497 e. The molecule has 18 heavy (non-hydrogen) atoms. The number of carbonyl (C=O) groups excluding carboxylic acids is 1. The van der Waals surface area contributed by atoms with Gasteiger partial charge >= 0.3 is 0 Å². The van der Waals surface area contributed by atoms with Crippen LogP contribution < -0.4 is 9.54 Å². The normalized spacial score (nSPS) is 11.6. The average molecular weight is 262 g/mol. The standard InChI is InChI=1S/C13H14N2O2S/c1-15-6-7-18-13(15)14-12(16)9-10-4-3-5-11(8-10)17-2/h3-8H,9H2,1-2H3. The van der Waals surface area contributed by atoms with Gasteiger partial charge in [-0.25, -0.2) is 0 Å². The van der Waals surface area contributed by atoms with Crippen molar-refractivity contribution in [3.63, 3.8) is 0 Å². The molecular weight excluding hydrogens is 248 g/mol. The zero-order valence-electron chi connectivity index (χ0n) is 10.3. The molecule has 1 aromatic heterocycles. The third kappa shape index (κ3) is 3.07. The number of thiazole rings is 1. The molecule has 5 heteroatoms. The first-order valence-electron chi connectivity index (χ1n) is 5.49. The van der Waals surface area contributed by atoms with Crippen molar-refractivity contribution in [2.24, 2.45) is 12.0 Å². The van der Waals surface area contributed by atoms with Crippen LogP contribution in [0.5, 0.6) is 5.75 Å². The molecule has 0 radical (unpaired) electrons. The highest BCUT2D eigenvalue weighted by Gasteiger charge is 2.03. The van der Waals surface area contributed by atoms with E-state index in [1.807, 2.05) is 47.5 Å². The Labute approximate surface area is 109 Å². The highest BCUT2D eigenvalue weighted by Crippen LogP contribution is 2.13. The smallest absolute Gasteiger partial charge is 0.252 e. The van der Waals surface area contributed by atoms with Gasteiger partial charge in [0.2, 0.25) is 0 Å². The Morgan fingerprint density at radius 2 is 2.33 bits per heavy atom. The van der Waals surface area contributed by atoms with E-state index in [1.54, 1.807) is 7.11 Å². The van der Waals surface area contributed by atoms with E-state index < -0.39 is 0 Å². The van der Waals surface area contributed by atoms with Gasteiger partial charge < -0.3 is 9.30 Å². The second-order valence-corrected chi connectivity index (χ2v) is 4.70. The van der Waals surface area contributed by atoms with E-state index in [1.165, 1.54) is 11.3 Å². The number of amides is 1. The fraction of sp³-hybridized carbons (Fsp3) is 0.231. The molecule has 4 nitrogen and oxygen atoms in total. The van der Waals surface area contributed by atoms with Crippen molar-refractivity contribution in [3.8, 4) is 5.75 Å². The summed E-state index contributed by atoms with van der Waals surface area (Å²) in [5.41, 5.74) is 0.905. The van der Waals surface area contributed by atoms with E-state index in [0.717, 1.165) is 11.3 Å². The van der Waals surface area contributed by atoms with Crippen LogP contribution in [0.4, 0.5) is 0 Å². The lowest BCUT2D eigenvalue weighted by atomic mass is 10.1. The first kappa shape index (κ1) is 12.6. The van der Waals surface area contributed by atoms with Gasteiger partial charge in [-0.05, 0) is 17.7 Å². The first-order chi connectivity index (χ1) is 8.69. The zero-order valence-corrected chi connectivity index (χ0v) is 11.1. The molecule has 0 atom stereocenters. The lowest BCUT2D eigenvalue weighted by Crippen LogP contribution is -2.13. The third-order valence-electron chi connectivity index (χ3n) is 2.47. The molecule has 0 saturated carbocycles. The predicted octanol–water partition coefficient (Wildman–Crippen LogP) is 1.77. The highest BCUT2D eigenvalue weighted by atomic mass is 32.1. The lowest BCUT2D eigenvalue weighted by molar-refractivity contribution is -0.117. The summed E-state index contributed by atoms with van der Waals surface area (Å²) in [6.45, 7) is 0. The number of benzene rings is 1. The number of aromatic nitrogens is 1. The minimum Gasteiger partial charge on any atom is -0.497 e. The summed E-state index contributed by atoms with van der Waals surface area (Å²) in [5.74, 6) is 0.600. The summed E-state index contributed by atoms with van der Waals surface area (Å²) in [5, 5.41) is 1.90. The van der Waals surface area contributed by atoms with Crippen molar-refractivity contribution in [1.29, 1.82) is 0 Å². The number of nitrogens with zero attached hydrogens (tertiary/aromatic N) is 2. The van der Waals surface area contributed by atoms with Crippen molar-refractivity contribution < 1.29 is 9.53 Å².